The second-order valence-electron chi connectivity index (χ2n) is 2.63. The molecule has 0 aliphatic rings. The van der Waals surface area contributed by atoms with Gasteiger partial charge in [0.1, 0.15) is 0 Å². The first-order valence-corrected chi connectivity index (χ1v) is 4.31. The van der Waals surface area contributed by atoms with Gasteiger partial charge in [-0.2, -0.15) is 5.10 Å². The van der Waals surface area contributed by atoms with Crippen molar-refractivity contribution in [3.8, 4) is 5.82 Å². The summed E-state index contributed by atoms with van der Waals surface area (Å²) in [5.74, 6) is 0.650. The summed E-state index contributed by atoms with van der Waals surface area (Å²) in [4.78, 5) is 14.8. The molecule has 0 spiro atoms. The number of halogens is 1. The molecule has 2 aromatic rings. The first-order chi connectivity index (χ1) is 6.77. The van der Waals surface area contributed by atoms with Crippen LogP contribution in [0.5, 0.6) is 0 Å². The third-order valence-corrected chi connectivity index (χ3v) is 1.93. The molecule has 0 atom stereocenters. The Hall–Kier alpha value is -1.68. The van der Waals surface area contributed by atoms with Crippen LogP contribution in [0.1, 0.15) is 10.4 Å². The number of rotatable bonds is 2. The van der Waals surface area contributed by atoms with Gasteiger partial charge in [-0.15, -0.1) is 0 Å². The van der Waals surface area contributed by atoms with E-state index in [1.807, 2.05) is 0 Å². The molecule has 0 aromatic carbocycles. The SMILES string of the molecule is O=C(Cl)c1ccc(-n2cccn2)nc1. The quantitative estimate of drug-likeness (QED) is 0.704. The van der Waals surface area contributed by atoms with Gasteiger partial charge >= 0.3 is 0 Å². The molecule has 0 N–H and O–H groups in total. The second-order valence-corrected chi connectivity index (χ2v) is 2.97. The molecular weight excluding hydrogens is 202 g/mol. The zero-order valence-corrected chi connectivity index (χ0v) is 7.85. The number of pyridine rings is 1. The van der Waals surface area contributed by atoms with E-state index in [-0.39, 0.29) is 0 Å². The molecule has 2 heterocycles. The van der Waals surface area contributed by atoms with Gasteiger partial charge in [-0.1, -0.05) is 0 Å². The van der Waals surface area contributed by atoms with Crippen LogP contribution in [-0.4, -0.2) is 20.0 Å². The predicted molar refractivity (Wildman–Crippen MR) is 51.5 cm³/mol. The van der Waals surface area contributed by atoms with Crippen LogP contribution in [0.2, 0.25) is 0 Å². The van der Waals surface area contributed by atoms with Gasteiger partial charge in [0.15, 0.2) is 5.82 Å². The minimum Gasteiger partial charge on any atom is -0.276 e. The summed E-state index contributed by atoms with van der Waals surface area (Å²) in [6, 6.07) is 5.09. The van der Waals surface area contributed by atoms with Gasteiger partial charge in [-0.3, -0.25) is 4.79 Å². The van der Waals surface area contributed by atoms with E-state index in [1.54, 1.807) is 35.3 Å². The highest BCUT2D eigenvalue weighted by atomic mass is 35.5. The van der Waals surface area contributed by atoms with Crippen LogP contribution in [0, 0.1) is 0 Å². The highest BCUT2D eigenvalue weighted by Gasteiger charge is 2.02. The van der Waals surface area contributed by atoms with E-state index in [0.717, 1.165) is 0 Å². The summed E-state index contributed by atoms with van der Waals surface area (Å²) in [5.41, 5.74) is 0.377. The topological polar surface area (TPSA) is 47.8 Å². The molecule has 0 aliphatic heterocycles. The zero-order chi connectivity index (χ0) is 9.97. The summed E-state index contributed by atoms with van der Waals surface area (Å²) >= 11 is 5.28. The number of hydrogen-bond acceptors (Lipinski definition) is 3. The van der Waals surface area contributed by atoms with Crippen LogP contribution in [0.3, 0.4) is 0 Å². The minimum absolute atomic E-state index is 0.377. The molecule has 0 unspecified atom stereocenters. The van der Waals surface area contributed by atoms with Crippen molar-refractivity contribution < 1.29 is 4.79 Å². The van der Waals surface area contributed by atoms with Crippen LogP contribution >= 0.6 is 11.6 Å². The average Bonchev–Trinajstić information content (AvgIpc) is 2.71. The number of carbonyl (C=O) groups is 1. The third-order valence-electron chi connectivity index (χ3n) is 1.71. The van der Waals surface area contributed by atoms with Gasteiger partial charge in [0.25, 0.3) is 5.24 Å². The average molecular weight is 208 g/mol. The van der Waals surface area contributed by atoms with Crippen molar-refractivity contribution in [1.82, 2.24) is 14.8 Å². The second kappa shape index (κ2) is 3.59. The molecule has 0 saturated carbocycles. The Morgan fingerprint density at radius 1 is 1.43 bits per heavy atom. The largest absolute Gasteiger partial charge is 0.276 e. The molecule has 0 radical (unpaired) electrons. The maximum Gasteiger partial charge on any atom is 0.253 e. The van der Waals surface area contributed by atoms with Gasteiger partial charge in [-0.05, 0) is 29.8 Å². The van der Waals surface area contributed by atoms with E-state index in [2.05, 4.69) is 10.1 Å². The van der Waals surface area contributed by atoms with E-state index in [9.17, 15) is 4.79 Å². The Morgan fingerprint density at radius 2 is 2.29 bits per heavy atom. The van der Waals surface area contributed by atoms with Gasteiger partial charge in [0.05, 0.1) is 5.56 Å². The molecule has 0 bridgehead atoms. The van der Waals surface area contributed by atoms with Crippen LogP contribution in [-0.2, 0) is 0 Å². The molecule has 4 nitrogen and oxygen atoms in total. The lowest BCUT2D eigenvalue weighted by atomic mass is 10.3. The first kappa shape index (κ1) is 8.90. The van der Waals surface area contributed by atoms with Crippen LogP contribution in [0.4, 0.5) is 0 Å². The molecule has 2 aromatic heterocycles. The van der Waals surface area contributed by atoms with Crippen molar-refractivity contribution >= 4 is 16.8 Å². The summed E-state index contributed by atoms with van der Waals surface area (Å²) < 4.78 is 1.60. The third kappa shape index (κ3) is 1.65. The molecule has 5 heteroatoms. The summed E-state index contributed by atoms with van der Waals surface area (Å²) in [7, 11) is 0. The fourth-order valence-corrected chi connectivity index (χ4v) is 1.15. The predicted octanol–water partition coefficient (Wildman–Crippen LogP) is 1.65. The van der Waals surface area contributed by atoms with E-state index < -0.39 is 5.24 Å². The number of aromatic nitrogens is 3. The lowest BCUT2D eigenvalue weighted by Crippen LogP contribution is -1.99. The Labute approximate surface area is 85.1 Å². The van der Waals surface area contributed by atoms with Crippen LogP contribution in [0.25, 0.3) is 5.82 Å². The fourth-order valence-electron chi connectivity index (χ4n) is 1.04. The number of nitrogens with zero attached hydrogens (tertiary/aromatic N) is 3. The van der Waals surface area contributed by atoms with Crippen molar-refractivity contribution in [1.29, 1.82) is 0 Å². The summed E-state index contributed by atoms with van der Waals surface area (Å²) in [6.45, 7) is 0. The fraction of sp³-hybridized carbons (Fsp3) is 0. The molecule has 14 heavy (non-hydrogen) atoms. The van der Waals surface area contributed by atoms with E-state index in [0.29, 0.717) is 11.4 Å². The van der Waals surface area contributed by atoms with Crippen LogP contribution < -0.4 is 0 Å². The lowest BCUT2D eigenvalue weighted by Gasteiger charge is -1.99. The highest BCUT2D eigenvalue weighted by Crippen LogP contribution is 2.06. The van der Waals surface area contributed by atoms with Crippen molar-refractivity contribution in [2.45, 2.75) is 0 Å². The molecule has 0 fully saturated rings. The zero-order valence-electron chi connectivity index (χ0n) is 7.09. The minimum atomic E-state index is -0.510. The normalized spacial score (nSPS) is 10.1. The van der Waals surface area contributed by atoms with Crippen LogP contribution in [0.15, 0.2) is 36.8 Å². The van der Waals surface area contributed by atoms with Crippen molar-refractivity contribution in [3.05, 3.63) is 42.4 Å². The summed E-state index contributed by atoms with van der Waals surface area (Å²) in [6.07, 6.45) is 4.85. The maximum absolute atomic E-state index is 10.7. The van der Waals surface area contributed by atoms with E-state index >= 15 is 0 Å². The molecule has 0 saturated heterocycles. The van der Waals surface area contributed by atoms with E-state index in [4.69, 9.17) is 11.6 Å². The molecule has 2 rings (SSSR count). The Morgan fingerprint density at radius 3 is 2.79 bits per heavy atom. The van der Waals surface area contributed by atoms with Gasteiger partial charge in [0.2, 0.25) is 0 Å². The highest BCUT2D eigenvalue weighted by molar-refractivity contribution is 6.67. The number of hydrogen-bond donors (Lipinski definition) is 0. The van der Waals surface area contributed by atoms with Gasteiger partial charge in [0, 0.05) is 18.6 Å². The Balaban J connectivity index is 2.36. The lowest BCUT2D eigenvalue weighted by molar-refractivity contribution is 0.108. The summed E-state index contributed by atoms with van der Waals surface area (Å²) in [5, 5.41) is 3.49. The van der Waals surface area contributed by atoms with Gasteiger partial charge < -0.3 is 0 Å². The van der Waals surface area contributed by atoms with Crippen molar-refractivity contribution in [2.24, 2.45) is 0 Å². The Kier molecular flexibility index (Phi) is 2.28. The van der Waals surface area contributed by atoms with Gasteiger partial charge in [-0.25, -0.2) is 9.67 Å². The van der Waals surface area contributed by atoms with Crippen molar-refractivity contribution in [3.63, 3.8) is 0 Å². The van der Waals surface area contributed by atoms with Crippen molar-refractivity contribution in [2.75, 3.05) is 0 Å². The standard InChI is InChI=1S/C9H6ClN3O/c10-9(14)7-2-3-8(11-6-7)13-5-1-4-12-13/h1-6H. The monoisotopic (exact) mass is 207 g/mol. The molecule has 70 valence electrons. The Bertz CT molecular complexity index is 436. The molecular formula is C9H6ClN3O. The van der Waals surface area contributed by atoms with E-state index in [1.165, 1.54) is 6.20 Å². The molecule has 0 aliphatic carbocycles. The first-order valence-electron chi connectivity index (χ1n) is 3.93. The maximum atomic E-state index is 10.7. The number of carbonyl (C=O) groups excluding carboxylic acids is 1. The molecule has 0 amide bonds. The smallest absolute Gasteiger partial charge is 0.253 e.